The van der Waals surface area contributed by atoms with Gasteiger partial charge in [-0.2, -0.15) is 0 Å². The monoisotopic (exact) mass is 242 g/mol. The van der Waals surface area contributed by atoms with Gasteiger partial charge in [0.25, 0.3) is 5.91 Å². The molecule has 3 nitrogen and oxygen atoms in total. The summed E-state index contributed by atoms with van der Waals surface area (Å²) in [5.41, 5.74) is 7.19. The second kappa shape index (κ2) is 8.13. The van der Waals surface area contributed by atoms with E-state index in [0.29, 0.717) is 13.1 Å². The fourth-order valence-electron chi connectivity index (χ4n) is 1.36. The fourth-order valence-corrected chi connectivity index (χ4v) is 1.36. The average Bonchev–Trinajstić information content (AvgIpc) is 2.24. The zero-order chi connectivity index (χ0) is 11.1. The highest BCUT2D eigenvalue weighted by Gasteiger charge is 2.03. The van der Waals surface area contributed by atoms with Crippen molar-refractivity contribution in [1.29, 1.82) is 0 Å². The Kier molecular flexibility index (Phi) is 7.60. The van der Waals surface area contributed by atoms with Crippen LogP contribution in [-0.4, -0.2) is 19.0 Å². The molecule has 0 radical (unpaired) electrons. The van der Waals surface area contributed by atoms with E-state index in [1.807, 2.05) is 31.2 Å². The Morgan fingerprint density at radius 3 is 2.75 bits per heavy atom. The van der Waals surface area contributed by atoms with Gasteiger partial charge in [-0.05, 0) is 38.4 Å². The lowest BCUT2D eigenvalue weighted by atomic mass is 10.1. The number of nitrogens with one attached hydrogen (secondary N) is 1. The van der Waals surface area contributed by atoms with Crippen molar-refractivity contribution in [1.82, 2.24) is 5.32 Å². The topological polar surface area (TPSA) is 55.1 Å². The molecule has 1 aromatic rings. The molecule has 0 fully saturated rings. The van der Waals surface area contributed by atoms with Gasteiger partial charge in [-0.25, -0.2) is 0 Å². The number of unbranched alkanes of at least 4 members (excludes halogenated alkanes) is 1. The summed E-state index contributed by atoms with van der Waals surface area (Å²) < 4.78 is 0. The number of amides is 1. The van der Waals surface area contributed by atoms with Gasteiger partial charge in [-0.3, -0.25) is 4.79 Å². The molecule has 0 heterocycles. The van der Waals surface area contributed by atoms with E-state index in [1.165, 1.54) is 0 Å². The second-order valence-electron chi connectivity index (χ2n) is 3.62. The van der Waals surface area contributed by atoms with Gasteiger partial charge < -0.3 is 11.1 Å². The lowest BCUT2D eigenvalue weighted by molar-refractivity contribution is 0.0953. The minimum absolute atomic E-state index is 0. The van der Waals surface area contributed by atoms with Crippen LogP contribution in [0.2, 0.25) is 0 Å². The summed E-state index contributed by atoms with van der Waals surface area (Å²) in [6, 6.07) is 7.58. The van der Waals surface area contributed by atoms with Crippen LogP contribution in [0.1, 0.15) is 28.8 Å². The number of halogens is 1. The van der Waals surface area contributed by atoms with Gasteiger partial charge in [-0.1, -0.05) is 17.7 Å². The number of nitrogens with two attached hydrogens (primary N) is 1. The molecule has 16 heavy (non-hydrogen) atoms. The van der Waals surface area contributed by atoms with Crippen LogP contribution in [0.5, 0.6) is 0 Å². The molecule has 0 aliphatic rings. The standard InChI is InChI=1S/C12H18N2O.ClH/c1-10-5-4-6-11(9-10)12(15)14-8-3-2-7-13;/h4-6,9H,2-3,7-8,13H2,1H3,(H,14,15);1H. The van der Waals surface area contributed by atoms with E-state index in [1.54, 1.807) is 0 Å². The van der Waals surface area contributed by atoms with E-state index in [2.05, 4.69) is 5.32 Å². The molecule has 0 saturated heterocycles. The van der Waals surface area contributed by atoms with Crippen molar-refractivity contribution >= 4 is 18.3 Å². The van der Waals surface area contributed by atoms with Crippen LogP contribution in [0.3, 0.4) is 0 Å². The molecule has 0 spiro atoms. The first kappa shape index (κ1) is 14.9. The molecular formula is C12H19ClN2O. The summed E-state index contributed by atoms with van der Waals surface area (Å²) in [6.45, 7) is 3.36. The first-order valence-electron chi connectivity index (χ1n) is 5.29. The molecule has 0 unspecified atom stereocenters. The quantitative estimate of drug-likeness (QED) is 0.775. The molecule has 0 bridgehead atoms. The van der Waals surface area contributed by atoms with Crippen LogP contribution in [0.15, 0.2) is 24.3 Å². The summed E-state index contributed by atoms with van der Waals surface area (Å²) in [5, 5.41) is 2.87. The first-order valence-corrected chi connectivity index (χ1v) is 5.29. The Balaban J connectivity index is 0.00000225. The summed E-state index contributed by atoms with van der Waals surface area (Å²) >= 11 is 0. The molecule has 1 amide bonds. The minimum atomic E-state index is -0.00396. The van der Waals surface area contributed by atoms with Crippen molar-refractivity contribution in [3.8, 4) is 0 Å². The van der Waals surface area contributed by atoms with E-state index >= 15 is 0 Å². The Hall–Kier alpha value is -1.06. The van der Waals surface area contributed by atoms with Gasteiger partial charge in [0.05, 0.1) is 0 Å². The number of carbonyl (C=O) groups is 1. The van der Waals surface area contributed by atoms with Gasteiger partial charge in [-0.15, -0.1) is 12.4 Å². The maximum atomic E-state index is 11.6. The molecule has 1 rings (SSSR count). The van der Waals surface area contributed by atoms with Gasteiger partial charge in [0.2, 0.25) is 0 Å². The molecule has 0 atom stereocenters. The maximum absolute atomic E-state index is 11.6. The third-order valence-corrected chi connectivity index (χ3v) is 2.20. The van der Waals surface area contributed by atoms with Crippen molar-refractivity contribution in [2.45, 2.75) is 19.8 Å². The molecule has 0 saturated carbocycles. The van der Waals surface area contributed by atoms with Gasteiger partial charge in [0.15, 0.2) is 0 Å². The molecule has 3 N–H and O–H groups in total. The molecule has 1 aromatic carbocycles. The van der Waals surface area contributed by atoms with Crippen LogP contribution < -0.4 is 11.1 Å². The lowest BCUT2D eigenvalue weighted by Gasteiger charge is -2.05. The normalized spacial score (nSPS) is 9.38. The first-order chi connectivity index (χ1) is 7.24. The van der Waals surface area contributed by atoms with Crippen LogP contribution in [-0.2, 0) is 0 Å². The summed E-state index contributed by atoms with van der Waals surface area (Å²) in [6.07, 6.45) is 1.89. The second-order valence-corrected chi connectivity index (χ2v) is 3.62. The smallest absolute Gasteiger partial charge is 0.251 e. The van der Waals surface area contributed by atoms with Crippen LogP contribution in [0.25, 0.3) is 0 Å². The highest BCUT2D eigenvalue weighted by molar-refractivity contribution is 5.94. The van der Waals surface area contributed by atoms with E-state index in [4.69, 9.17) is 5.73 Å². The van der Waals surface area contributed by atoms with E-state index in [0.717, 1.165) is 24.0 Å². The average molecular weight is 243 g/mol. The number of rotatable bonds is 5. The number of benzene rings is 1. The molecular weight excluding hydrogens is 224 g/mol. The number of carbonyl (C=O) groups excluding carboxylic acids is 1. The van der Waals surface area contributed by atoms with Gasteiger partial charge in [0.1, 0.15) is 0 Å². The molecule has 4 heteroatoms. The van der Waals surface area contributed by atoms with Crippen LogP contribution >= 0.6 is 12.4 Å². The van der Waals surface area contributed by atoms with E-state index < -0.39 is 0 Å². The zero-order valence-electron chi connectivity index (χ0n) is 9.53. The van der Waals surface area contributed by atoms with Crippen LogP contribution in [0.4, 0.5) is 0 Å². The zero-order valence-corrected chi connectivity index (χ0v) is 10.3. The third kappa shape index (κ3) is 5.14. The predicted octanol–water partition coefficient (Wildman–Crippen LogP) is 1.89. The Labute approximate surface area is 103 Å². The Bertz CT molecular complexity index is 329. The van der Waals surface area contributed by atoms with Crippen molar-refractivity contribution in [2.75, 3.05) is 13.1 Å². The SMILES string of the molecule is Cc1cccc(C(=O)NCCCCN)c1.Cl. The molecule has 0 aliphatic heterocycles. The highest BCUT2D eigenvalue weighted by atomic mass is 35.5. The summed E-state index contributed by atoms with van der Waals surface area (Å²) in [4.78, 5) is 11.6. The third-order valence-electron chi connectivity index (χ3n) is 2.20. The maximum Gasteiger partial charge on any atom is 0.251 e. The van der Waals surface area contributed by atoms with Crippen molar-refractivity contribution in [2.24, 2.45) is 5.73 Å². The molecule has 0 aliphatic carbocycles. The van der Waals surface area contributed by atoms with Gasteiger partial charge >= 0.3 is 0 Å². The fraction of sp³-hybridized carbons (Fsp3) is 0.417. The van der Waals surface area contributed by atoms with E-state index in [-0.39, 0.29) is 18.3 Å². The minimum Gasteiger partial charge on any atom is -0.352 e. The lowest BCUT2D eigenvalue weighted by Crippen LogP contribution is -2.24. The number of aryl methyl sites for hydroxylation is 1. The summed E-state index contributed by atoms with van der Waals surface area (Å²) in [5.74, 6) is -0.00396. The summed E-state index contributed by atoms with van der Waals surface area (Å²) in [7, 11) is 0. The predicted molar refractivity (Wildman–Crippen MR) is 69.0 cm³/mol. The largest absolute Gasteiger partial charge is 0.352 e. The number of hydrogen-bond donors (Lipinski definition) is 2. The van der Waals surface area contributed by atoms with Crippen molar-refractivity contribution in [3.05, 3.63) is 35.4 Å². The van der Waals surface area contributed by atoms with Crippen LogP contribution in [0, 0.1) is 6.92 Å². The van der Waals surface area contributed by atoms with Gasteiger partial charge in [0, 0.05) is 12.1 Å². The Morgan fingerprint density at radius 1 is 1.38 bits per heavy atom. The Morgan fingerprint density at radius 2 is 2.12 bits per heavy atom. The molecule has 90 valence electrons. The van der Waals surface area contributed by atoms with Crippen molar-refractivity contribution in [3.63, 3.8) is 0 Å². The highest BCUT2D eigenvalue weighted by Crippen LogP contribution is 2.03. The molecule has 0 aromatic heterocycles. The van der Waals surface area contributed by atoms with E-state index in [9.17, 15) is 4.79 Å². The van der Waals surface area contributed by atoms with Crippen molar-refractivity contribution < 1.29 is 4.79 Å². The number of hydrogen-bond acceptors (Lipinski definition) is 2.